The van der Waals surface area contributed by atoms with Crippen LogP contribution in [0.2, 0.25) is 5.02 Å². The molecule has 2 aromatic carbocycles. The molecule has 0 heterocycles. The van der Waals surface area contributed by atoms with Crippen molar-refractivity contribution in [3.8, 4) is 0 Å². The van der Waals surface area contributed by atoms with Crippen LogP contribution in [-0.4, -0.2) is 17.9 Å². The topological polar surface area (TPSA) is 58.2 Å². The predicted octanol–water partition coefficient (Wildman–Crippen LogP) is 3.16. The second kappa shape index (κ2) is 8.34. The zero-order valence-electron chi connectivity index (χ0n) is 12.9. The van der Waals surface area contributed by atoms with E-state index in [0.717, 1.165) is 5.56 Å². The summed E-state index contributed by atoms with van der Waals surface area (Å²) >= 11 is 6.04. The van der Waals surface area contributed by atoms with Gasteiger partial charge in [0.15, 0.2) is 0 Å². The summed E-state index contributed by atoms with van der Waals surface area (Å²) in [4.78, 5) is 24.0. The molecule has 23 heavy (non-hydrogen) atoms. The van der Waals surface area contributed by atoms with E-state index < -0.39 is 0 Å². The van der Waals surface area contributed by atoms with Gasteiger partial charge in [0.05, 0.1) is 0 Å². The van der Waals surface area contributed by atoms with E-state index in [2.05, 4.69) is 10.6 Å². The van der Waals surface area contributed by atoms with Gasteiger partial charge in [-0.3, -0.25) is 9.59 Å². The van der Waals surface area contributed by atoms with Crippen molar-refractivity contribution >= 4 is 23.4 Å². The highest BCUT2D eigenvalue weighted by atomic mass is 35.5. The van der Waals surface area contributed by atoms with Gasteiger partial charge in [0, 0.05) is 29.6 Å². The smallest absolute Gasteiger partial charge is 0.251 e. The first kappa shape index (κ1) is 17.0. The van der Waals surface area contributed by atoms with Crippen molar-refractivity contribution in [1.82, 2.24) is 10.6 Å². The molecule has 5 heteroatoms. The van der Waals surface area contributed by atoms with E-state index in [9.17, 15) is 9.59 Å². The van der Waals surface area contributed by atoms with Crippen LogP contribution in [0.4, 0.5) is 0 Å². The molecule has 2 rings (SSSR count). The molecule has 1 atom stereocenters. The molecule has 2 amide bonds. The lowest BCUT2D eigenvalue weighted by atomic mass is 10.1. The Bertz CT molecular complexity index is 674. The number of rotatable bonds is 6. The number of carbonyl (C=O) groups excluding carboxylic acids is 2. The fourth-order valence-corrected chi connectivity index (χ4v) is 2.34. The Balaban J connectivity index is 1.79. The molecule has 0 saturated heterocycles. The maximum atomic E-state index is 12.0. The van der Waals surface area contributed by atoms with E-state index in [1.807, 2.05) is 24.3 Å². The van der Waals surface area contributed by atoms with Crippen LogP contribution in [0.3, 0.4) is 0 Å². The van der Waals surface area contributed by atoms with Crippen LogP contribution < -0.4 is 10.6 Å². The van der Waals surface area contributed by atoms with Crippen molar-refractivity contribution < 1.29 is 9.59 Å². The number of amides is 2. The summed E-state index contributed by atoms with van der Waals surface area (Å²) in [5.74, 6) is -0.317. The summed E-state index contributed by atoms with van der Waals surface area (Å²) in [6.07, 6.45) is 0.211. The maximum absolute atomic E-state index is 12.0. The van der Waals surface area contributed by atoms with Crippen molar-refractivity contribution in [3.05, 3.63) is 70.7 Å². The van der Waals surface area contributed by atoms with Gasteiger partial charge in [-0.1, -0.05) is 48.0 Å². The fraction of sp³-hybridized carbons (Fsp3) is 0.222. The van der Waals surface area contributed by atoms with E-state index in [1.54, 1.807) is 37.3 Å². The number of carbonyl (C=O) groups is 2. The molecule has 1 unspecified atom stereocenters. The molecule has 0 aliphatic rings. The summed E-state index contributed by atoms with van der Waals surface area (Å²) < 4.78 is 0. The van der Waals surface area contributed by atoms with E-state index in [0.29, 0.717) is 17.1 Å². The highest BCUT2D eigenvalue weighted by Gasteiger charge is 2.13. The molecule has 0 spiro atoms. The minimum absolute atomic E-state index is 0.134. The maximum Gasteiger partial charge on any atom is 0.251 e. The van der Waals surface area contributed by atoms with E-state index >= 15 is 0 Å². The first-order valence-electron chi connectivity index (χ1n) is 7.42. The average Bonchev–Trinajstić information content (AvgIpc) is 2.54. The van der Waals surface area contributed by atoms with Gasteiger partial charge in [-0.15, -0.1) is 0 Å². The predicted molar refractivity (Wildman–Crippen MR) is 91.3 cm³/mol. The third-order valence-corrected chi connectivity index (χ3v) is 3.71. The molecule has 0 radical (unpaired) electrons. The molecule has 0 fully saturated rings. The molecule has 4 nitrogen and oxygen atoms in total. The molecule has 0 aliphatic heterocycles. The summed E-state index contributed by atoms with van der Waals surface area (Å²) in [7, 11) is 0. The van der Waals surface area contributed by atoms with Crippen LogP contribution in [0.25, 0.3) is 0 Å². The fourth-order valence-electron chi connectivity index (χ4n) is 2.13. The van der Waals surface area contributed by atoms with Gasteiger partial charge < -0.3 is 10.6 Å². The van der Waals surface area contributed by atoms with Crippen molar-refractivity contribution in [2.45, 2.75) is 25.9 Å². The van der Waals surface area contributed by atoms with Crippen LogP contribution in [-0.2, 0) is 11.3 Å². The van der Waals surface area contributed by atoms with Gasteiger partial charge >= 0.3 is 0 Å². The molecule has 0 aromatic heterocycles. The summed E-state index contributed by atoms with van der Waals surface area (Å²) in [5, 5.41) is 6.24. The highest BCUT2D eigenvalue weighted by molar-refractivity contribution is 6.31. The Kier molecular flexibility index (Phi) is 6.18. The highest BCUT2D eigenvalue weighted by Crippen LogP contribution is 2.14. The normalized spacial score (nSPS) is 11.6. The van der Waals surface area contributed by atoms with Crippen LogP contribution in [0.1, 0.15) is 29.3 Å². The second-order valence-electron chi connectivity index (χ2n) is 5.31. The molecule has 0 aliphatic carbocycles. The van der Waals surface area contributed by atoms with Crippen LogP contribution in [0.5, 0.6) is 0 Å². The molecular weight excluding hydrogens is 312 g/mol. The van der Waals surface area contributed by atoms with Crippen LogP contribution in [0.15, 0.2) is 54.6 Å². The van der Waals surface area contributed by atoms with Crippen molar-refractivity contribution in [2.75, 3.05) is 0 Å². The number of benzene rings is 2. The first-order chi connectivity index (χ1) is 11.1. The quantitative estimate of drug-likeness (QED) is 0.854. The Labute approximate surface area is 140 Å². The van der Waals surface area contributed by atoms with Crippen molar-refractivity contribution in [2.24, 2.45) is 0 Å². The largest absolute Gasteiger partial charge is 0.352 e. The summed E-state index contributed by atoms with van der Waals surface area (Å²) in [5.41, 5.74) is 1.44. The van der Waals surface area contributed by atoms with Crippen molar-refractivity contribution in [1.29, 1.82) is 0 Å². The van der Waals surface area contributed by atoms with E-state index in [-0.39, 0.29) is 24.3 Å². The number of hydrogen-bond acceptors (Lipinski definition) is 2. The molecule has 0 saturated carbocycles. The average molecular weight is 331 g/mol. The van der Waals surface area contributed by atoms with Gasteiger partial charge in [0.25, 0.3) is 5.91 Å². The Morgan fingerprint density at radius 2 is 1.70 bits per heavy atom. The summed E-state index contributed by atoms with van der Waals surface area (Å²) in [6.45, 7) is 2.17. The summed E-state index contributed by atoms with van der Waals surface area (Å²) in [6, 6.07) is 16.0. The lowest BCUT2D eigenvalue weighted by molar-refractivity contribution is -0.121. The Hall–Kier alpha value is -2.33. The molecular formula is C18H19ClN2O2. The Morgan fingerprint density at radius 1 is 1.04 bits per heavy atom. The lowest BCUT2D eigenvalue weighted by Crippen LogP contribution is -2.37. The monoisotopic (exact) mass is 330 g/mol. The minimum atomic E-state index is -0.256. The van der Waals surface area contributed by atoms with Gasteiger partial charge in [-0.05, 0) is 30.7 Å². The van der Waals surface area contributed by atoms with Crippen LogP contribution >= 0.6 is 11.6 Å². The number of hydrogen-bond donors (Lipinski definition) is 2. The second-order valence-corrected chi connectivity index (χ2v) is 5.72. The standard InChI is InChI=1S/C18H19ClN2O2/c1-13(21-18(23)14-7-3-2-4-8-14)11-17(22)20-12-15-9-5-6-10-16(15)19/h2-10,13H,11-12H2,1H3,(H,20,22)(H,21,23). The third-order valence-electron chi connectivity index (χ3n) is 3.34. The molecule has 2 aromatic rings. The molecule has 0 bridgehead atoms. The first-order valence-corrected chi connectivity index (χ1v) is 7.80. The van der Waals surface area contributed by atoms with E-state index in [1.165, 1.54) is 0 Å². The SMILES string of the molecule is CC(CC(=O)NCc1ccccc1Cl)NC(=O)c1ccccc1. The zero-order valence-corrected chi connectivity index (χ0v) is 13.6. The van der Waals surface area contributed by atoms with Gasteiger partial charge in [0.1, 0.15) is 0 Å². The van der Waals surface area contributed by atoms with Gasteiger partial charge in [-0.2, -0.15) is 0 Å². The Morgan fingerprint density at radius 3 is 2.39 bits per heavy atom. The molecule has 2 N–H and O–H groups in total. The number of halogens is 1. The van der Waals surface area contributed by atoms with Crippen molar-refractivity contribution in [3.63, 3.8) is 0 Å². The van der Waals surface area contributed by atoms with Crippen LogP contribution in [0, 0.1) is 0 Å². The number of nitrogens with one attached hydrogen (secondary N) is 2. The van der Waals surface area contributed by atoms with Gasteiger partial charge in [0.2, 0.25) is 5.91 Å². The minimum Gasteiger partial charge on any atom is -0.352 e. The zero-order chi connectivity index (χ0) is 16.7. The molecule has 120 valence electrons. The van der Waals surface area contributed by atoms with E-state index in [4.69, 9.17) is 11.6 Å². The van der Waals surface area contributed by atoms with Gasteiger partial charge in [-0.25, -0.2) is 0 Å². The lowest BCUT2D eigenvalue weighted by Gasteiger charge is -2.14. The third kappa shape index (κ3) is 5.42.